The zero-order valence-electron chi connectivity index (χ0n) is 16.1. The van der Waals surface area contributed by atoms with Gasteiger partial charge in [-0.3, -0.25) is 24.0 Å². The number of rotatable bonds is 12. The Balaban J connectivity index is 2.80. The van der Waals surface area contributed by atoms with Crippen LogP contribution in [-0.2, 0) is 28.8 Å². The Morgan fingerprint density at radius 3 is 1.93 bits per heavy atom. The number of carboxylic acids is 1. The predicted octanol–water partition coefficient (Wildman–Crippen LogP) is -4.04. The van der Waals surface area contributed by atoms with Crippen LogP contribution >= 0.6 is 12.6 Å². The second-order valence-electron chi connectivity index (χ2n) is 6.69. The summed E-state index contributed by atoms with van der Waals surface area (Å²) in [6, 6.07) is -4.76. The Hall–Kier alpha value is -2.87. The van der Waals surface area contributed by atoms with Gasteiger partial charge in [0, 0.05) is 5.75 Å². The molecule has 1 aliphatic heterocycles. The first-order chi connectivity index (χ1) is 14.0. The average molecular weight is 446 g/mol. The first-order valence-electron chi connectivity index (χ1n) is 9.09. The van der Waals surface area contributed by atoms with E-state index in [-0.39, 0.29) is 5.75 Å². The van der Waals surface area contributed by atoms with Gasteiger partial charge in [-0.15, -0.1) is 0 Å². The third-order valence-electron chi connectivity index (χ3n) is 4.25. The highest BCUT2D eigenvalue weighted by atomic mass is 32.1. The molecule has 0 aromatic rings. The van der Waals surface area contributed by atoms with E-state index in [2.05, 4.69) is 33.9 Å². The average Bonchev–Trinajstić information content (AvgIpc) is 3.18. The van der Waals surface area contributed by atoms with E-state index in [4.69, 9.17) is 16.6 Å². The number of nitrogens with two attached hydrogens (primary N) is 2. The first-order valence-corrected chi connectivity index (χ1v) is 9.73. The number of carbonyl (C=O) groups excluding carboxylic acids is 5. The maximum absolute atomic E-state index is 12.5. The fourth-order valence-electron chi connectivity index (χ4n) is 2.73. The molecule has 1 rings (SSSR count). The lowest BCUT2D eigenvalue weighted by atomic mass is 10.1. The third kappa shape index (κ3) is 8.24. The van der Waals surface area contributed by atoms with Crippen LogP contribution < -0.4 is 32.7 Å². The molecule has 14 heteroatoms. The molecular formula is C16H26N6O7S. The van der Waals surface area contributed by atoms with E-state index in [9.17, 15) is 28.8 Å². The smallest absolute Gasteiger partial charge is 0.326 e. The molecule has 1 saturated heterocycles. The fraction of sp³-hybridized carbons (Fsp3) is 0.625. The van der Waals surface area contributed by atoms with Crippen molar-refractivity contribution in [2.75, 3.05) is 12.3 Å². The minimum absolute atomic E-state index is 0.234. The molecule has 0 radical (unpaired) electrons. The van der Waals surface area contributed by atoms with Crippen LogP contribution in [0.2, 0.25) is 0 Å². The van der Waals surface area contributed by atoms with Gasteiger partial charge >= 0.3 is 5.97 Å². The largest absolute Gasteiger partial charge is 0.480 e. The number of nitrogens with one attached hydrogen (secondary N) is 4. The molecule has 0 bridgehead atoms. The minimum atomic E-state index is -1.59. The summed E-state index contributed by atoms with van der Waals surface area (Å²) in [6.45, 7) is 0.642. The normalized spacial score (nSPS) is 18.5. The molecule has 0 saturated carbocycles. The summed E-state index contributed by atoms with van der Waals surface area (Å²) in [7, 11) is 0. The van der Waals surface area contributed by atoms with Gasteiger partial charge in [0.25, 0.3) is 0 Å². The van der Waals surface area contributed by atoms with Crippen molar-refractivity contribution in [1.82, 2.24) is 21.3 Å². The number of thiol groups is 1. The van der Waals surface area contributed by atoms with Gasteiger partial charge in [0.1, 0.15) is 18.1 Å². The lowest BCUT2D eigenvalue weighted by Crippen LogP contribution is -2.58. The van der Waals surface area contributed by atoms with E-state index in [0.717, 1.165) is 6.42 Å². The van der Waals surface area contributed by atoms with Gasteiger partial charge in [-0.2, -0.15) is 12.6 Å². The summed E-state index contributed by atoms with van der Waals surface area (Å²) in [4.78, 5) is 70.5. The number of primary amides is 2. The number of amides is 5. The van der Waals surface area contributed by atoms with Crippen molar-refractivity contribution < 1.29 is 33.9 Å². The standard InChI is InChI=1S/C16H26N6O7S/c17-11(23)4-8(20-13(25)7-2-1-3-19-7)14(26)22-10(6-30)15(27)21-9(16(28)29)5-12(18)24/h7-10,19,30H,1-6H2,(H2,17,23)(H2,18,24)(H,20,25)(H,21,27)(H,22,26)(H,28,29). The van der Waals surface area contributed by atoms with E-state index >= 15 is 0 Å². The SMILES string of the molecule is NC(=O)CC(NC(=O)C(CS)NC(=O)C(CC(N)=O)NC(=O)C1CCCN1)C(=O)O. The second kappa shape index (κ2) is 12.0. The fourth-order valence-corrected chi connectivity index (χ4v) is 2.99. The highest BCUT2D eigenvalue weighted by molar-refractivity contribution is 7.80. The van der Waals surface area contributed by atoms with E-state index < -0.39 is 72.5 Å². The predicted molar refractivity (Wildman–Crippen MR) is 106 cm³/mol. The minimum Gasteiger partial charge on any atom is -0.480 e. The molecule has 168 valence electrons. The zero-order valence-corrected chi connectivity index (χ0v) is 16.9. The van der Waals surface area contributed by atoms with Crippen LogP contribution in [0.1, 0.15) is 25.7 Å². The van der Waals surface area contributed by atoms with Gasteiger partial charge in [0.2, 0.25) is 29.5 Å². The van der Waals surface area contributed by atoms with E-state index in [1.165, 1.54) is 0 Å². The number of hydrogen-bond acceptors (Lipinski definition) is 8. The van der Waals surface area contributed by atoms with Gasteiger partial charge in [0.05, 0.1) is 18.9 Å². The highest BCUT2D eigenvalue weighted by Gasteiger charge is 2.32. The zero-order chi connectivity index (χ0) is 22.8. The van der Waals surface area contributed by atoms with Crippen molar-refractivity contribution in [3.05, 3.63) is 0 Å². The van der Waals surface area contributed by atoms with Crippen molar-refractivity contribution in [2.45, 2.75) is 49.9 Å². The lowest BCUT2D eigenvalue weighted by molar-refractivity contribution is -0.143. The van der Waals surface area contributed by atoms with E-state index in [1.807, 2.05) is 0 Å². The van der Waals surface area contributed by atoms with Gasteiger partial charge in [-0.1, -0.05) is 0 Å². The maximum Gasteiger partial charge on any atom is 0.326 e. The molecule has 4 unspecified atom stereocenters. The summed E-state index contributed by atoms with van der Waals surface area (Å²) in [5, 5.41) is 18.8. The van der Waals surface area contributed by atoms with Crippen molar-refractivity contribution in [3.8, 4) is 0 Å². The summed E-state index contributed by atoms with van der Waals surface area (Å²) >= 11 is 3.95. The van der Waals surface area contributed by atoms with Crippen molar-refractivity contribution in [1.29, 1.82) is 0 Å². The number of carboxylic acid groups (broad SMARTS) is 1. The molecule has 0 aromatic carbocycles. The Morgan fingerprint density at radius 1 is 0.933 bits per heavy atom. The topological polar surface area (TPSA) is 223 Å². The molecule has 0 aliphatic carbocycles. The second-order valence-corrected chi connectivity index (χ2v) is 7.06. The van der Waals surface area contributed by atoms with Gasteiger partial charge in [-0.05, 0) is 19.4 Å². The number of hydrogen-bond donors (Lipinski definition) is 8. The van der Waals surface area contributed by atoms with Gasteiger partial charge in [-0.25, -0.2) is 4.79 Å². The highest BCUT2D eigenvalue weighted by Crippen LogP contribution is 2.06. The molecule has 13 nitrogen and oxygen atoms in total. The van der Waals surface area contributed by atoms with Crippen LogP contribution in [-0.4, -0.2) is 77.1 Å². The molecule has 9 N–H and O–H groups in total. The van der Waals surface area contributed by atoms with Crippen LogP contribution in [0.25, 0.3) is 0 Å². The van der Waals surface area contributed by atoms with E-state index in [1.54, 1.807) is 0 Å². The molecule has 1 fully saturated rings. The van der Waals surface area contributed by atoms with Crippen molar-refractivity contribution in [2.24, 2.45) is 11.5 Å². The van der Waals surface area contributed by atoms with Crippen molar-refractivity contribution in [3.63, 3.8) is 0 Å². The Bertz CT molecular complexity index is 698. The summed E-state index contributed by atoms with van der Waals surface area (Å²) in [6.07, 6.45) is 0.186. The summed E-state index contributed by atoms with van der Waals surface area (Å²) < 4.78 is 0. The van der Waals surface area contributed by atoms with E-state index in [0.29, 0.717) is 13.0 Å². The molecular weight excluding hydrogens is 420 g/mol. The Kier molecular flexibility index (Phi) is 10.0. The Labute approximate surface area is 177 Å². The molecule has 0 aromatic heterocycles. The molecule has 1 aliphatic rings. The number of carbonyl (C=O) groups is 6. The maximum atomic E-state index is 12.5. The lowest BCUT2D eigenvalue weighted by Gasteiger charge is -2.23. The molecule has 5 amide bonds. The van der Waals surface area contributed by atoms with Gasteiger partial charge in [0.15, 0.2) is 0 Å². The van der Waals surface area contributed by atoms with Crippen LogP contribution in [0.3, 0.4) is 0 Å². The Morgan fingerprint density at radius 2 is 1.47 bits per heavy atom. The summed E-state index contributed by atoms with van der Waals surface area (Å²) in [5.41, 5.74) is 10.1. The third-order valence-corrected chi connectivity index (χ3v) is 4.62. The van der Waals surface area contributed by atoms with Crippen molar-refractivity contribution >= 4 is 48.1 Å². The summed E-state index contributed by atoms with van der Waals surface area (Å²) in [5.74, 6) is -5.83. The monoisotopic (exact) mass is 446 g/mol. The van der Waals surface area contributed by atoms with Crippen LogP contribution in [0.5, 0.6) is 0 Å². The molecule has 30 heavy (non-hydrogen) atoms. The van der Waals surface area contributed by atoms with Gasteiger partial charge < -0.3 is 37.8 Å². The quantitative estimate of drug-likeness (QED) is 0.137. The first kappa shape index (κ1) is 25.2. The van der Waals surface area contributed by atoms with Crippen LogP contribution in [0.15, 0.2) is 0 Å². The number of aliphatic carboxylic acids is 1. The molecule has 0 spiro atoms. The molecule has 1 heterocycles. The van der Waals surface area contributed by atoms with Crippen LogP contribution in [0.4, 0.5) is 0 Å². The van der Waals surface area contributed by atoms with Crippen LogP contribution in [0, 0.1) is 0 Å². The molecule has 4 atom stereocenters.